The van der Waals surface area contributed by atoms with Gasteiger partial charge in [-0.3, -0.25) is 0 Å². The van der Waals surface area contributed by atoms with E-state index in [0.717, 1.165) is 37.8 Å². The molecule has 23 heavy (non-hydrogen) atoms. The Morgan fingerprint density at radius 1 is 1.09 bits per heavy atom. The van der Waals surface area contributed by atoms with Crippen LogP contribution in [0.2, 0.25) is 0 Å². The van der Waals surface area contributed by atoms with Gasteiger partial charge in [-0.2, -0.15) is 0 Å². The van der Waals surface area contributed by atoms with Crippen molar-refractivity contribution in [1.82, 2.24) is 5.32 Å². The van der Waals surface area contributed by atoms with E-state index in [1.165, 1.54) is 24.8 Å². The second-order valence-electron chi connectivity index (χ2n) is 5.81. The lowest BCUT2D eigenvalue weighted by molar-refractivity contribution is 0.252. The molecule has 0 spiro atoms. The molecule has 0 bridgehead atoms. The van der Waals surface area contributed by atoms with Gasteiger partial charge in [0.25, 0.3) is 0 Å². The molecule has 128 valence electrons. The highest BCUT2D eigenvalue weighted by atomic mass is 16.2. The topological polar surface area (TPSA) is 67.2 Å². The van der Waals surface area contributed by atoms with Gasteiger partial charge >= 0.3 is 6.03 Å². The fourth-order valence-corrected chi connectivity index (χ4v) is 2.37. The molecule has 0 atom stereocenters. The highest BCUT2D eigenvalue weighted by Gasteiger charge is 2.01. The normalized spacial score (nSPS) is 10.8. The van der Waals surface area contributed by atoms with E-state index < -0.39 is 0 Å². The van der Waals surface area contributed by atoms with E-state index >= 15 is 0 Å². The maximum Gasteiger partial charge on any atom is 0.319 e. The second kappa shape index (κ2) is 12.6. The van der Waals surface area contributed by atoms with E-state index in [2.05, 4.69) is 29.7 Å². The van der Waals surface area contributed by atoms with Crippen molar-refractivity contribution in [1.29, 1.82) is 0 Å². The zero-order chi connectivity index (χ0) is 16.8. The highest BCUT2D eigenvalue weighted by molar-refractivity contribution is 5.89. The van der Waals surface area contributed by atoms with Crippen LogP contribution in [0.3, 0.4) is 0 Å². The molecule has 1 aromatic carbocycles. The molecule has 0 fully saturated rings. The number of benzene rings is 1. The Bertz CT molecular complexity index is 454. The smallest absolute Gasteiger partial charge is 0.319 e. The first-order valence-corrected chi connectivity index (χ1v) is 8.76. The van der Waals surface area contributed by atoms with Gasteiger partial charge in [-0.1, -0.05) is 44.4 Å². The number of hydrogen-bond donors (Lipinski definition) is 3. The highest BCUT2D eigenvalue weighted by Crippen LogP contribution is 2.12. The number of amides is 2. The number of carbonyl (C=O) groups is 1. The van der Waals surface area contributed by atoms with Crippen LogP contribution in [-0.2, 0) is 6.42 Å². The zero-order valence-electron chi connectivity index (χ0n) is 14.3. The number of anilines is 1. The monoisotopic (exact) mass is 317 g/mol. The molecule has 1 rings (SSSR count). The number of carbonyl (C=O) groups excluding carboxylic acids is 1. The fraction of sp³-hybridized carbons (Fsp3) is 0.526. The van der Waals surface area contributed by atoms with E-state index in [0.29, 0.717) is 6.54 Å². The molecule has 0 saturated heterocycles. The molecule has 4 heteroatoms. The lowest BCUT2D eigenvalue weighted by Gasteiger charge is -2.08. The summed E-state index contributed by atoms with van der Waals surface area (Å²) in [6.07, 6.45) is 12.6. The standard InChI is InChI=1S/C19H31N3O/c1-2-3-7-10-17-11-13-18(14-12-17)22-19(23)21-16-9-6-4-5-8-15-20/h8,11-15H,2-7,9-10,16,20H2,1H3,(H2,21,22,23). The van der Waals surface area contributed by atoms with Gasteiger partial charge in [0.2, 0.25) is 0 Å². The fourth-order valence-electron chi connectivity index (χ4n) is 2.37. The molecule has 2 amide bonds. The summed E-state index contributed by atoms with van der Waals surface area (Å²) in [6.45, 7) is 2.91. The third-order valence-corrected chi connectivity index (χ3v) is 3.75. The molecular weight excluding hydrogens is 286 g/mol. The summed E-state index contributed by atoms with van der Waals surface area (Å²) in [5.74, 6) is 0. The lowest BCUT2D eigenvalue weighted by Crippen LogP contribution is -2.29. The number of urea groups is 1. The van der Waals surface area contributed by atoms with Gasteiger partial charge in [-0.05, 0) is 56.0 Å². The van der Waals surface area contributed by atoms with Gasteiger partial charge in [-0.15, -0.1) is 0 Å². The zero-order valence-corrected chi connectivity index (χ0v) is 14.3. The number of unbranched alkanes of at least 4 members (excludes halogenated alkanes) is 5. The van der Waals surface area contributed by atoms with Crippen molar-refractivity contribution in [2.24, 2.45) is 5.73 Å². The number of hydrogen-bond acceptors (Lipinski definition) is 2. The quantitative estimate of drug-likeness (QED) is 0.523. The van der Waals surface area contributed by atoms with Gasteiger partial charge < -0.3 is 16.4 Å². The van der Waals surface area contributed by atoms with Crippen LogP contribution in [0.5, 0.6) is 0 Å². The van der Waals surface area contributed by atoms with Crippen molar-refractivity contribution in [3.05, 3.63) is 42.1 Å². The Morgan fingerprint density at radius 3 is 2.57 bits per heavy atom. The summed E-state index contributed by atoms with van der Waals surface area (Å²) in [7, 11) is 0. The first-order chi connectivity index (χ1) is 11.3. The summed E-state index contributed by atoms with van der Waals surface area (Å²) in [6, 6.07) is 8.00. The Morgan fingerprint density at radius 2 is 1.87 bits per heavy atom. The molecule has 0 radical (unpaired) electrons. The van der Waals surface area contributed by atoms with Crippen molar-refractivity contribution >= 4 is 11.7 Å². The minimum Gasteiger partial charge on any atom is -0.405 e. The molecule has 0 aliphatic heterocycles. The largest absolute Gasteiger partial charge is 0.405 e. The first kappa shape index (κ1) is 19.1. The maximum atomic E-state index is 11.8. The third kappa shape index (κ3) is 9.61. The van der Waals surface area contributed by atoms with Crippen LogP contribution in [0.1, 0.15) is 57.4 Å². The molecule has 0 heterocycles. The molecule has 0 unspecified atom stereocenters. The van der Waals surface area contributed by atoms with Gasteiger partial charge in [-0.25, -0.2) is 4.79 Å². The number of rotatable bonds is 11. The molecule has 4 nitrogen and oxygen atoms in total. The number of nitrogens with two attached hydrogens (primary N) is 1. The third-order valence-electron chi connectivity index (χ3n) is 3.75. The van der Waals surface area contributed by atoms with E-state index in [4.69, 9.17) is 5.73 Å². The van der Waals surface area contributed by atoms with Crippen LogP contribution in [0.15, 0.2) is 36.5 Å². The summed E-state index contributed by atoms with van der Waals surface area (Å²) in [5.41, 5.74) is 7.45. The number of nitrogens with one attached hydrogen (secondary N) is 2. The summed E-state index contributed by atoms with van der Waals surface area (Å²) in [5, 5.41) is 5.76. The van der Waals surface area contributed by atoms with E-state index in [9.17, 15) is 4.79 Å². The van der Waals surface area contributed by atoms with Crippen molar-refractivity contribution in [3.63, 3.8) is 0 Å². The predicted octanol–water partition coefficient (Wildman–Crippen LogP) is 4.57. The van der Waals surface area contributed by atoms with Crippen molar-refractivity contribution in [3.8, 4) is 0 Å². The average molecular weight is 317 g/mol. The van der Waals surface area contributed by atoms with E-state index in [1.807, 2.05) is 18.2 Å². The number of allylic oxidation sites excluding steroid dienone is 1. The van der Waals surface area contributed by atoms with Crippen LogP contribution in [0.4, 0.5) is 10.5 Å². The molecule has 0 saturated carbocycles. The molecule has 0 aliphatic carbocycles. The Labute approximate surface area is 140 Å². The van der Waals surface area contributed by atoms with Crippen molar-refractivity contribution in [2.75, 3.05) is 11.9 Å². The van der Waals surface area contributed by atoms with Crippen LogP contribution >= 0.6 is 0 Å². The Kier molecular flexibility index (Phi) is 10.4. The summed E-state index contributed by atoms with van der Waals surface area (Å²) < 4.78 is 0. The Balaban J connectivity index is 2.16. The molecule has 1 aromatic rings. The van der Waals surface area contributed by atoms with E-state index in [-0.39, 0.29) is 6.03 Å². The van der Waals surface area contributed by atoms with Gasteiger partial charge in [0.1, 0.15) is 0 Å². The SMILES string of the molecule is CCCCCc1ccc(NC(=O)NCCCCCC=CN)cc1. The van der Waals surface area contributed by atoms with Gasteiger partial charge in [0, 0.05) is 12.2 Å². The molecule has 0 aliphatic rings. The van der Waals surface area contributed by atoms with Crippen LogP contribution in [0, 0.1) is 0 Å². The molecule has 0 aromatic heterocycles. The van der Waals surface area contributed by atoms with E-state index in [1.54, 1.807) is 6.20 Å². The summed E-state index contributed by atoms with van der Waals surface area (Å²) >= 11 is 0. The molecular formula is C19H31N3O. The minimum absolute atomic E-state index is 0.134. The lowest BCUT2D eigenvalue weighted by atomic mass is 10.1. The van der Waals surface area contributed by atoms with Gasteiger partial charge in [0.15, 0.2) is 0 Å². The average Bonchev–Trinajstić information content (AvgIpc) is 2.56. The maximum absolute atomic E-state index is 11.8. The first-order valence-electron chi connectivity index (χ1n) is 8.76. The van der Waals surface area contributed by atoms with Crippen LogP contribution in [-0.4, -0.2) is 12.6 Å². The van der Waals surface area contributed by atoms with Crippen molar-refractivity contribution < 1.29 is 4.79 Å². The minimum atomic E-state index is -0.134. The second-order valence-corrected chi connectivity index (χ2v) is 5.81. The Hall–Kier alpha value is -1.97. The van der Waals surface area contributed by atoms with Crippen LogP contribution in [0.25, 0.3) is 0 Å². The van der Waals surface area contributed by atoms with Crippen LogP contribution < -0.4 is 16.4 Å². The summed E-state index contributed by atoms with van der Waals surface area (Å²) in [4.78, 5) is 11.8. The molecule has 4 N–H and O–H groups in total. The van der Waals surface area contributed by atoms with Crippen molar-refractivity contribution in [2.45, 2.75) is 58.3 Å². The predicted molar refractivity (Wildman–Crippen MR) is 98.5 cm³/mol. The van der Waals surface area contributed by atoms with Gasteiger partial charge in [0.05, 0.1) is 0 Å². The number of aryl methyl sites for hydroxylation is 1.